The first kappa shape index (κ1) is 67.2. The average Bonchev–Trinajstić information content (AvgIpc) is 1.66. The quantitative estimate of drug-likeness (QED) is 0.0846. The Morgan fingerprint density at radius 3 is 1.22 bits per heavy atom. The third-order valence-corrected chi connectivity index (χ3v) is 19.4. The first-order valence-electron chi connectivity index (χ1n) is 33.0. The fourth-order valence-corrected chi connectivity index (χ4v) is 14.0. The van der Waals surface area contributed by atoms with Gasteiger partial charge in [0, 0.05) is 91.6 Å². The molecule has 4 amide bonds. The van der Waals surface area contributed by atoms with E-state index in [9.17, 15) is 19.2 Å². The lowest BCUT2D eigenvalue weighted by atomic mass is 9.99. The third-order valence-electron chi connectivity index (χ3n) is 17.4. The first-order valence-corrected chi connectivity index (χ1v) is 35.7. The third kappa shape index (κ3) is 15.7. The summed E-state index contributed by atoms with van der Waals surface area (Å²) in [6.07, 6.45) is 12.6. The van der Waals surface area contributed by atoms with Crippen molar-refractivity contribution in [1.29, 1.82) is 0 Å². The predicted octanol–water partition coefficient (Wildman–Crippen LogP) is 16.4. The topological polar surface area (TPSA) is 243 Å². The number of benzene rings is 8. The Hall–Kier alpha value is -12.0. The van der Waals surface area contributed by atoms with Gasteiger partial charge in [-0.25, -0.2) is 19.9 Å². The van der Waals surface area contributed by atoms with E-state index in [1.165, 1.54) is 62.6 Å². The number of carbonyl (C=O) groups excluding carboxylic acids is 4. The van der Waals surface area contributed by atoms with E-state index in [0.717, 1.165) is 142 Å². The van der Waals surface area contributed by atoms with E-state index in [-0.39, 0.29) is 23.6 Å². The summed E-state index contributed by atoms with van der Waals surface area (Å²) in [5.41, 5.74) is 22.8. The standard InChI is InChI=1S/C22H20N4O2S.C20H16N4O.2C19H15N3OS/c27-21(25-22-23-7-12-29-22)18-6-2-4-16-14-19(24-20(16)18)15-3-1-5-17(13-15)26-8-10-28-11-9-26;1-13-4-2-5-14(10-13)17-11-15-6-3-7-16(19(15)23-17)20(25)24-18-12-21-8-9-22-18;1-12-4-2-5-13(10-12)16-11-14-6-3-7-15(17(14)21-16)18(23)22-19-20-8-9-24-19;1-12-5-2-3-7-14(12)16-11-13-6-4-8-15(17(13)21-16)18(23)22-19-20-9-10-24-19/h1-7,12-13H,8-11,14H2,(H,23,25,27);2-10,12H,11H2,1H3,(H,22,24,25);2*2-10H,11H2,1H3,(H,20,22,23). The van der Waals surface area contributed by atoms with Crippen LogP contribution in [0.1, 0.15) is 103 Å². The van der Waals surface area contributed by atoms with Gasteiger partial charge in [-0.05, 0) is 107 Å². The summed E-state index contributed by atoms with van der Waals surface area (Å²) >= 11 is 4.20. The zero-order valence-corrected chi connectivity index (χ0v) is 58.2. The van der Waals surface area contributed by atoms with E-state index in [1.807, 2.05) is 107 Å². The molecule has 1 fully saturated rings. The Balaban J connectivity index is 0.000000116. The molecule has 1 saturated heterocycles. The van der Waals surface area contributed by atoms with Crippen LogP contribution in [0.2, 0.25) is 0 Å². The maximum atomic E-state index is 12.7. The van der Waals surface area contributed by atoms with Crippen LogP contribution in [0.25, 0.3) is 0 Å². The number of aryl methyl sites for hydroxylation is 3. The number of amides is 4. The molecule has 9 heterocycles. The Kier molecular flexibility index (Phi) is 20.5. The maximum absolute atomic E-state index is 12.7. The van der Waals surface area contributed by atoms with Crippen molar-refractivity contribution in [2.24, 2.45) is 20.0 Å². The number of nitrogens with one attached hydrogen (secondary N) is 4. The number of aliphatic imine (C=N–C) groups is 4. The van der Waals surface area contributed by atoms with Crippen LogP contribution >= 0.6 is 34.0 Å². The number of ether oxygens (including phenoxy) is 1. The minimum absolute atomic E-state index is 0.170. The highest BCUT2D eigenvalue weighted by Gasteiger charge is 2.28. The number of thiazole rings is 3. The van der Waals surface area contributed by atoms with Crippen LogP contribution in [0.3, 0.4) is 0 Å². The van der Waals surface area contributed by atoms with Crippen LogP contribution in [-0.2, 0) is 30.4 Å². The molecular weight excluding hydrogens is 1330 g/mol. The van der Waals surface area contributed by atoms with E-state index in [0.29, 0.717) is 43.5 Å². The highest BCUT2D eigenvalue weighted by Crippen LogP contribution is 2.38. The monoisotopic (exact) mass is 1400 g/mol. The minimum atomic E-state index is -0.230. The van der Waals surface area contributed by atoms with Crippen molar-refractivity contribution in [3.8, 4) is 0 Å². The van der Waals surface area contributed by atoms with Crippen molar-refractivity contribution in [2.75, 3.05) is 52.5 Å². The van der Waals surface area contributed by atoms with Gasteiger partial charge in [-0.15, -0.1) is 34.0 Å². The summed E-state index contributed by atoms with van der Waals surface area (Å²) in [4.78, 5) is 92.3. The van der Waals surface area contributed by atoms with Gasteiger partial charge in [-0.1, -0.05) is 145 Å². The summed E-state index contributed by atoms with van der Waals surface area (Å²) in [5.74, 6) is -0.325. The van der Waals surface area contributed by atoms with E-state index in [4.69, 9.17) is 24.7 Å². The van der Waals surface area contributed by atoms with Gasteiger partial charge in [-0.3, -0.25) is 60.1 Å². The second-order valence-corrected chi connectivity index (χ2v) is 27.0. The predicted molar refractivity (Wildman–Crippen MR) is 409 cm³/mol. The van der Waals surface area contributed by atoms with Gasteiger partial charge in [0.25, 0.3) is 23.6 Å². The van der Waals surface area contributed by atoms with Crippen LogP contribution in [0.15, 0.2) is 243 Å². The maximum Gasteiger partial charge on any atom is 0.259 e. The number of para-hydroxylation sites is 4. The van der Waals surface area contributed by atoms with Gasteiger partial charge in [0.1, 0.15) is 0 Å². The summed E-state index contributed by atoms with van der Waals surface area (Å²) in [7, 11) is 0. The van der Waals surface area contributed by atoms with Crippen molar-refractivity contribution in [2.45, 2.75) is 46.5 Å². The lowest BCUT2D eigenvalue weighted by Crippen LogP contribution is -2.36. The van der Waals surface area contributed by atoms with Crippen molar-refractivity contribution >= 4 is 130 Å². The van der Waals surface area contributed by atoms with E-state index >= 15 is 0 Å². The highest BCUT2D eigenvalue weighted by atomic mass is 32.1. The summed E-state index contributed by atoms with van der Waals surface area (Å²) in [6, 6.07) is 56.2. The number of hydrogen-bond acceptors (Lipinski definition) is 18. The Bertz CT molecular complexity index is 5240. The summed E-state index contributed by atoms with van der Waals surface area (Å²) in [6.45, 7) is 9.53. The molecule has 8 aromatic carbocycles. The summed E-state index contributed by atoms with van der Waals surface area (Å²) in [5, 5.41) is 18.6. The molecule has 22 heteroatoms. The molecule has 0 unspecified atom stereocenters. The molecule has 4 N–H and O–H groups in total. The average molecular weight is 1400 g/mol. The molecule has 0 radical (unpaired) electrons. The highest BCUT2D eigenvalue weighted by molar-refractivity contribution is 7.14. The van der Waals surface area contributed by atoms with Crippen molar-refractivity contribution in [3.63, 3.8) is 0 Å². The van der Waals surface area contributed by atoms with Crippen LogP contribution in [0.5, 0.6) is 0 Å². The molecule has 0 atom stereocenters. The molecule has 12 aromatic rings. The molecule has 0 bridgehead atoms. The fraction of sp³-hybridized carbons (Fsp3) is 0.138. The normalized spacial score (nSPS) is 13.5. The largest absolute Gasteiger partial charge is 0.378 e. The number of aromatic nitrogens is 5. The molecule has 4 aromatic heterocycles. The number of rotatable bonds is 13. The molecule has 0 spiro atoms. The lowest BCUT2D eigenvalue weighted by Gasteiger charge is -2.29. The number of fused-ring (bicyclic) bond motifs is 4. The molecule has 17 rings (SSSR count). The zero-order valence-electron chi connectivity index (χ0n) is 55.8. The molecule has 0 aliphatic carbocycles. The van der Waals surface area contributed by atoms with Crippen molar-refractivity contribution < 1.29 is 23.9 Å². The minimum Gasteiger partial charge on any atom is -0.378 e. The lowest BCUT2D eigenvalue weighted by molar-refractivity contribution is 0.101. The van der Waals surface area contributed by atoms with Gasteiger partial charge in [0.15, 0.2) is 21.2 Å². The van der Waals surface area contributed by atoms with E-state index in [2.05, 4.69) is 145 Å². The fourth-order valence-electron chi connectivity index (χ4n) is 12.4. The van der Waals surface area contributed by atoms with Crippen LogP contribution in [0, 0.1) is 20.8 Å². The number of carbonyl (C=O) groups is 4. The SMILES string of the molecule is Cc1cccc(C2=Nc3c(cccc3C(=O)Nc3cnccn3)C2)c1.Cc1cccc(C2=Nc3c(cccc3C(=O)Nc3nccs3)C2)c1.Cc1ccccc1C1=Nc2c(cccc2C(=O)Nc2nccs2)C1.O=C(Nc1nccs1)c1cccc2c1N=C(c1cccc(N3CCOCC3)c1)C2. The molecule has 5 aliphatic heterocycles. The Morgan fingerprint density at radius 2 is 0.804 bits per heavy atom. The number of nitrogens with zero attached hydrogens (tertiary/aromatic N) is 10. The first-order chi connectivity index (χ1) is 49.9. The molecule has 102 heavy (non-hydrogen) atoms. The van der Waals surface area contributed by atoms with Crippen LogP contribution in [-0.4, -0.2) is 97.7 Å². The molecular formula is C80H66N14O5S3. The summed E-state index contributed by atoms with van der Waals surface area (Å²) < 4.78 is 5.46. The molecule has 19 nitrogen and oxygen atoms in total. The second-order valence-electron chi connectivity index (χ2n) is 24.3. The van der Waals surface area contributed by atoms with Gasteiger partial charge >= 0.3 is 0 Å². The number of hydrogen-bond donors (Lipinski definition) is 4. The van der Waals surface area contributed by atoms with Gasteiger partial charge < -0.3 is 15.0 Å². The van der Waals surface area contributed by atoms with Gasteiger partial charge in [0.2, 0.25) is 0 Å². The Labute approximate surface area is 600 Å². The van der Waals surface area contributed by atoms with E-state index < -0.39 is 0 Å². The molecule has 0 saturated carbocycles. The zero-order chi connectivity index (χ0) is 69.9. The van der Waals surface area contributed by atoms with Gasteiger partial charge in [-0.2, -0.15) is 0 Å². The van der Waals surface area contributed by atoms with Crippen LogP contribution < -0.4 is 26.2 Å². The van der Waals surface area contributed by atoms with Crippen LogP contribution in [0.4, 0.5) is 49.6 Å². The Morgan fingerprint density at radius 1 is 0.402 bits per heavy atom. The number of morpholine rings is 1. The van der Waals surface area contributed by atoms with E-state index in [1.54, 1.807) is 37.1 Å². The van der Waals surface area contributed by atoms with Crippen molar-refractivity contribution in [1.82, 2.24) is 24.9 Å². The number of anilines is 5. The molecule has 5 aliphatic rings. The smallest absolute Gasteiger partial charge is 0.259 e. The molecule has 504 valence electrons. The van der Waals surface area contributed by atoms with Gasteiger partial charge in [0.05, 0.1) is 87.3 Å². The van der Waals surface area contributed by atoms with Crippen molar-refractivity contribution in [3.05, 3.63) is 307 Å². The second kappa shape index (κ2) is 31.1.